The molecule has 0 saturated carbocycles. The van der Waals surface area contributed by atoms with Crippen LogP contribution in [-0.4, -0.2) is 21.2 Å². The summed E-state index contributed by atoms with van der Waals surface area (Å²) < 4.78 is 67.0. The Labute approximate surface area is 129 Å². The molecule has 1 aromatic heterocycles. The van der Waals surface area contributed by atoms with Crippen molar-refractivity contribution in [3.8, 4) is 5.75 Å². The normalized spacial score (nSPS) is 12.3. The first-order chi connectivity index (χ1) is 10.3. The van der Waals surface area contributed by atoms with Crippen LogP contribution in [0.25, 0.3) is 0 Å². The SMILES string of the molecule is O=S(=O)(NCc1ccc(OCC(F)(F)F)cc1)c1cccs1. The molecule has 0 amide bonds. The summed E-state index contributed by atoms with van der Waals surface area (Å²) in [6.45, 7) is -1.32. The second-order valence-corrected chi connectivity index (χ2v) is 7.25. The average molecular weight is 351 g/mol. The predicted molar refractivity (Wildman–Crippen MR) is 76.3 cm³/mol. The number of nitrogens with one attached hydrogen (secondary N) is 1. The molecule has 22 heavy (non-hydrogen) atoms. The zero-order chi connectivity index (χ0) is 16.2. The molecule has 0 aliphatic carbocycles. The van der Waals surface area contributed by atoms with Gasteiger partial charge in [-0.1, -0.05) is 18.2 Å². The fourth-order valence-corrected chi connectivity index (χ4v) is 3.59. The van der Waals surface area contributed by atoms with Crippen molar-refractivity contribution in [3.05, 3.63) is 47.3 Å². The third-order valence-corrected chi connectivity index (χ3v) is 5.35. The van der Waals surface area contributed by atoms with E-state index >= 15 is 0 Å². The van der Waals surface area contributed by atoms with Gasteiger partial charge in [0.05, 0.1) is 0 Å². The zero-order valence-corrected chi connectivity index (χ0v) is 12.8. The van der Waals surface area contributed by atoms with Crippen LogP contribution in [0.4, 0.5) is 13.2 Å². The summed E-state index contributed by atoms with van der Waals surface area (Å²) in [4.78, 5) is 0. The first-order valence-corrected chi connectivity index (χ1v) is 8.44. The highest BCUT2D eigenvalue weighted by atomic mass is 32.2. The molecule has 0 aliphatic rings. The summed E-state index contributed by atoms with van der Waals surface area (Å²) in [5, 5.41) is 1.65. The standard InChI is InChI=1S/C13H12F3NO3S2/c14-13(15,16)9-20-11-5-3-10(4-6-11)8-17-22(18,19)12-2-1-7-21-12/h1-7,17H,8-9H2. The lowest BCUT2D eigenvalue weighted by atomic mass is 10.2. The topological polar surface area (TPSA) is 55.4 Å². The van der Waals surface area contributed by atoms with Crippen LogP contribution in [0.15, 0.2) is 46.0 Å². The third kappa shape index (κ3) is 5.00. The van der Waals surface area contributed by atoms with E-state index < -0.39 is 22.8 Å². The molecule has 120 valence electrons. The molecule has 2 rings (SSSR count). The van der Waals surface area contributed by atoms with Crippen molar-refractivity contribution in [1.82, 2.24) is 4.72 Å². The van der Waals surface area contributed by atoms with E-state index in [1.807, 2.05) is 0 Å². The summed E-state index contributed by atoms with van der Waals surface area (Å²) >= 11 is 1.10. The van der Waals surface area contributed by atoms with Crippen LogP contribution in [0.1, 0.15) is 5.56 Å². The van der Waals surface area contributed by atoms with Gasteiger partial charge in [-0.3, -0.25) is 0 Å². The number of alkyl halides is 3. The molecular weight excluding hydrogens is 339 g/mol. The largest absolute Gasteiger partial charge is 0.484 e. The van der Waals surface area contributed by atoms with Crippen molar-refractivity contribution < 1.29 is 26.3 Å². The lowest BCUT2D eigenvalue weighted by Crippen LogP contribution is -2.22. The quantitative estimate of drug-likeness (QED) is 0.870. The maximum Gasteiger partial charge on any atom is 0.422 e. The third-order valence-electron chi connectivity index (χ3n) is 2.55. The Bertz CT molecular complexity index is 695. The van der Waals surface area contributed by atoms with Crippen LogP contribution < -0.4 is 9.46 Å². The molecule has 1 N–H and O–H groups in total. The molecule has 0 fully saturated rings. The highest BCUT2D eigenvalue weighted by Gasteiger charge is 2.28. The number of sulfonamides is 1. The smallest absolute Gasteiger partial charge is 0.422 e. The van der Waals surface area contributed by atoms with Gasteiger partial charge in [0, 0.05) is 6.54 Å². The summed E-state index contributed by atoms with van der Waals surface area (Å²) in [5.74, 6) is 0.0715. The molecule has 0 unspecified atom stereocenters. The van der Waals surface area contributed by atoms with Crippen molar-refractivity contribution in [3.63, 3.8) is 0 Å². The summed E-state index contributed by atoms with van der Waals surface area (Å²) in [5.41, 5.74) is 0.611. The number of hydrogen-bond donors (Lipinski definition) is 1. The van der Waals surface area contributed by atoms with Crippen molar-refractivity contribution in [1.29, 1.82) is 0 Å². The van der Waals surface area contributed by atoms with Crippen molar-refractivity contribution in [2.75, 3.05) is 6.61 Å². The van der Waals surface area contributed by atoms with E-state index in [1.54, 1.807) is 11.4 Å². The van der Waals surface area contributed by atoms with Gasteiger partial charge in [0.15, 0.2) is 6.61 Å². The van der Waals surface area contributed by atoms with Crippen molar-refractivity contribution in [2.24, 2.45) is 0 Å². The molecule has 0 atom stereocenters. The van der Waals surface area contributed by atoms with Gasteiger partial charge in [0.25, 0.3) is 0 Å². The molecule has 4 nitrogen and oxygen atoms in total. The summed E-state index contributed by atoms with van der Waals surface area (Å²) in [6.07, 6.45) is -4.39. The maximum absolute atomic E-state index is 12.0. The minimum atomic E-state index is -4.39. The summed E-state index contributed by atoms with van der Waals surface area (Å²) in [6, 6.07) is 8.85. The molecule has 2 aromatic rings. The van der Waals surface area contributed by atoms with Crippen LogP contribution in [0.3, 0.4) is 0 Å². The Kier molecular flexibility index (Phi) is 5.09. The summed E-state index contributed by atoms with van der Waals surface area (Å²) in [7, 11) is -3.57. The number of rotatable bonds is 6. The van der Waals surface area contributed by atoms with Gasteiger partial charge in [0.1, 0.15) is 9.96 Å². The van der Waals surface area contributed by atoms with Gasteiger partial charge in [-0.15, -0.1) is 11.3 Å². The Hall–Kier alpha value is -1.58. The Morgan fingerprint density at radius 1 is 1.14 bits per heavy atom. The lowest BCUT2D eigenvalue weighted by molar-refractivity contribution is -0.153. The molecular formula is C13H12F3NO3S2. The van der Waals surface area contributed by atoms with Gasteiger partial charge in [0.2, 0.25) is 10.0 Å². The molecule has 1 aromatic carbocycles. The van der Waals surface area contributed by atoms with Crippen LogP contribution >= 0.6 is 11.3 Å². The van der Waals surface area contributed by atoms with Crippen LogP contribution in [-0.2, 0) is 16.6 Å². The van der Waals surface area contributed by atoms with E-state index in [0.29, 0.717) is 5.56 Å². The lowest BCUT2D eigenvalue weighted by Gasteiger charge is -2.10. The van der Waals surface area contributed by atoms with Crippen molar-refractivity contribution in [2.45, 2.75) is 16.9 Å². The van der Waals surface area contributed by atoms with Gasteiger partial charge in [-0.05, 0) is 29.1 Å². The molecule has 0 saturated heterocycles. The molecule has 9 heteroatoms. The van der Waals surface area contributed by atoms with Crippen LogP contribution in [0, 0.1) is 0 Å². The van der Waals surface area contributed by atoms with Gasteiger partial charge in [-0.25, -0.2) is 13.1 Å². The molecule has 0 radical (unpaired) electrons. The van der Waals surface area contributed by atoms with Gasteiger partial charge >= 0.3 is 6.18 Å². The van der Waals surface area contributed by atoms with Gasteiger partial charge < -0.3 is 4.74 Å². The van der Waals surface area contributed by atoms with E-state index in [0.717, 1.165) is 11.3 Å². The van der Waals surface area contributed by atoms with E-state index in [2.05, 4.69) is 9.46 Å². The number of benzene rings is 1. The van der Waals surface area contributed by atoms with E-state index in [1.165, 1.54) is 30.3 Å². The Balaban J connectivity index is 1.92. The number of hydrogen-bond acceptors (Lipinski definition) is 4. The van der Waals surface area contributed by atoms with E-state index in [-0.39, 0.29) is 16.5 Å². The minimum absolute atomic E-state index is 0.0415. The maximum atomic E-state index is 12.0. The van der Waals surface area contributed by atoms with E-state index in [4.69, 9.17) is 0 Å². The molecule has 1 heterocycles. The Morgan fingerprint density at radius 3 is 2.36 bits per heavy atom. The first-order valence-electron chi connectivity index (χ1n) is 6.08. The average Bonchev–Trinajstić information content (AvgIpc) is 2.98. The van der Waals surface area contributed by atoms with Crippen LogP contribution in [0.5, 0.6) is 5.75 Å². The monoisotopic (exact) mass is 351 g/mol. The second kappa shape index (κ2) is 6.67. The molecule has 0 spiro atoms. The zero-order valence-electron chi connectivity index (χ0n) is 11.1. The Morgan fingerprint density at radius 2 is 1.82 bits per heavy atom. The van der Waals surface area contributed by atoms with E-state index in [9.17, 15) is 21.6 Å². The molecule has 0 aliphatic heterocycles. The first kappa shape index (κ1) is 16.8. The van der Waals surface area contributed by atoms with Crippen LogP contribution in [0.2, 0.25) is 0 Å². The minimum Gasteiger partial charge on any atom is -0.484 e. The number of halogens is 3. The molecule has 0 bridgehead atoms. The highest BCUT2D eigenvalue weighted by Crippen LogP contribution is 2.19. The fraction of sp³-hybridized carbons (Fsp3) is 0.231. The number of ether oxygens (including phenoxy) is 1. The van der Waals surface area contributed by atoms with Crippen molar-refractivity contribution >= 4 is 21.4 Å². The van der Waals surface area contributed by atoms with Gasteiger partial charge in [-0.2, -0.15) is 13.2 Å². The second-order valence-electron chi connectivity index (χ2n) is 4.30. The highest BCUT2D eigenvalue weighted by molar-refractivity contribution is 7.91. The fourth-order valence-electron chi connectivity index (χ4n) is 1.53. The predicted octanol–water partition coefficient (Wildman–Crippen LogP) is 3.17. The number of thiophene rings is 1.